The number of Topliss-reactive ketones (excluding diaryl/α,β-unsaturated/α-hetero) is 1. The lowest BCUT2D eigenvalue weighted by molar-refractivity contribution is -0.113. The van der Waals surface area contributed by atoms with Crippen LogP contribution >= 0.6 is 11.8 Å². The largest absolute Gasteiger partial charge is 0.493 e. The van der Waals surface area contributed by atoms with E-state index in [9.17, 15) is 9.59 Å². The van der Waals surface area contributed by atoms with Gasteiger partial charge in [-0.1, -0.05) is 24.3 Å². The fraction of sp³-hybridized carbons (Fsp3) is 0.263. The van der Waals surface area contributed by atoms with Gasteiger partial charge in [-0.15, -0.1) is 11.8 Å². The molecule has 2 aromatic rings. The molecule has 2 rings (SSSR count). The molecular weight excluding hydrogens is 322 g/mol. The molecule has 0 aliphatic rings. The highest BCUT2D eigenvalue weighted by Crippen LogP contribution is 2.14. The van der Waals surface area contributed by atoms with Gasteiger partial charge in [0, 0.05) is 17.0 Å². The summed E-state index contributed by atoms with van der Waals surface area (Å²) in [6.45, 7) is 4.08. The number of nitrogens with one attached hydrogen (secondary N) is 1. The Hall–Kier alpha value is -2.27. The maximum Gasteiger partial charge on any atom is 0.234 e. The Kier molecular flexibility index (Phi) is 6.88. The van der Waals surface area contributed by atoms with Gasteiger partial charge in [-0.2, -0.15) is 0 Å². The van der Waals surface area contributed by atoms with E-state index in [0.29, 0.717) is 23.6 Å². The van der Waals surface area contributed by atoms with Crippen LogP contribution in [0.5, 0.6) is 5.75 Å². The molecule has 0 aromatic heterocycles. The first-order valence-corrected chi connectivity index (χ1v) is 8.88. The average Bonchev–Trinajstić information content (AvgIpc) is 2.55. The minimum atomic E-state index is -0.0868. The van der Waals surface area contributed by atoms with Crippen molar-refractivity contribution in [3.05, 3.63) is 59.7 Å². The molecule has 2 aromatic carbocycles. The molecular formula is C19H21NO3S. The highest BCUT2D eigenvalue weighted by atomic mass is 32.2. The number of ether oxygens (including phenoxy) is 1. The second kappa shape index (κ2) is 9.13. The van der Waals surface area contributed by atoms with Crippen molar-refractivity contribution in [3.8, 4) is 5.75 Å². The minimum Gasteiger partial charge on any atom is -0.493 e. The van der Waals surface area contributed by atoms with Gasteiger partial charge in [-0.05, 0) is 43.7 Å². The molecule has 0 radical (unpaired) electrons. The third-order valence-electron chi connectivity index (χ3n) is 3.27. The normalized spacial score (nSPS) is 10.2. The number of thioether (sulfide) groups is 1. The van der Waals surface area contributed by atoms with Crippen LogP contribution in [0.25, 0.3) is 0 Å². The molecule has 0 unspecified atom stereocenters. The van der Waals surface area contributed by atoms with Gasteiger partial charge in [-0.25, -0.2) is 0 Å². The molecule has 0 aliphatic heterocycles. The van der Waals surface area contributed by atoms with Crippen LogP contribution in [0, 0.1) is 6.92 Å². The molecule has 24 heavy (non-hydrogen) atoms. The summed E-state index contributed by atoms with van der Waals surface area (Å²) in [5.74, 6) is 1.82. The van der Waals surface area contributed by atoms with Crippen LogP contribution in [0.15, 0.2) is 48.5 Å². The molecule has 1 amide bonds. The van der Waals surface area contributed by atoms with E-state index in [0.717, 1.165) is 17.1 Å². The van der Waals surface area contributed by atoms with Crippen LogP contribution < -0.4 is 10.1 Å². The molecule has 0 saturated carbocycles. The molecule has 0 fully saturated rings. The molecule has 1 N–H and O–H groups in total. The topological polar surface area (TPSA) is 55.4 Å². The van der Waals surface area contributed by atoms with Crippen molar-refractivity contribution in [2.24, 2.45) is 0 Å². The Morgan fingerprint density at radius 3 is 2.67 bits per heavy atom. The van der Waals surface area contributed by atoms with E-state index in [1.54, 1.807) is 24.3 Å². The third kappa shape index (κ3) is 6.08. The van der Waals surface area contributed by atoms with Crippen molar-refractivity contribution in [2.45, 2.75) is 13.8 Å². The number of benzene rings is 2. The fourth-order valence-corrected chi connectivity index (χ4v) is 2.70. The first-order valence-electron chi connectivity index (χ1n) is 7.72. The van der Waals surface area contributed by atoms with E-state index >= 15 is 0 Å². The number of hydrogen-bond donors (Lipinski definition) is 1. The number of carbonyl (C=O) groups is 2. The molecule has 0 spiro atoms. The number of anilines is 1. The summed E-state index contributed by atoms with van der Waals surface area (Å²) in [4.78, 5) is 23.2. The Balaban J connectivity index is 1.68. The fourth-order valence-electron chi connectivity index (χ4n) is 2.10. The van der Waals surface area contributed by atoms with Gasteiger partial charge in [0.2, 0.25) is 5.91 Å². The lowest BCUT2D eigenvalue weighted by Gasteiger charge is -2.08. The summed E-state index contributed by atoms with van der Waals surface area (Å²) in [7, 11) is 0. The van der Waals surface area contributed by atoms with Gasteiger partial charge in [0.05, 0.1) is 12.4 Å². The Labute approximate surface area is 146 Å². The lowest BCUT2D eigenvalue weighted by Crippen LogP contribution is -2.15. The van der Waals surface area contributed by atoms with Crippen molar-refractivity contribution in [3.63, 3.8) is 0 Å². The van der Waals surface area contributed by atoms with Crippen molar-refractivity contribution in [1.29, 1.82) is 0 Å². The van der Waals surface area contributed by atoms with Gasteiger partial charge in [0.25, 0.3) is 0 Å². The zero-order valence-electron chi connectivity index (χ0n) is 13.9. The maximum absolute atomic E-state index is 11.9. The molecule has 126 valence electrons. The number of rotatable bonds is 8. The Morgan fingerprint density at radius 2 is 1.92 bits per heavy atom. The van der Waals surface area contributed by atoms with E-state index in [1.165, 1.54) is 18.7 Å². The summed E-state index contributed by atoms with van der Waals surface area (Å²) in [5, 5.41) is 2.80. The second-order valence-corrected chi connectivity index (χ2v) is 6.51. The summed E-state index contributed by atoms with van der Waals surface area (Å²) >= 11 is 1.51. The summed E-state index contributed by atoms with van der Waals surface area (Å²) < 4.78 is 5.64. The van der Waals surface area contributed by atoms with Gasteiger partial charge in [0.15, 0.2) is 5.78 Å². The number of ketones is 1. The van der Waals surface area contributed by atoms with Crippen LogP contribution in [0.2, 0.25) is 0 Å². The van der Waals surface area contributed by atoms with E-state index < -0.39 is 0 Å². The van der Waals surface area contributed by atoms with E-state index in [2.05, 4.69) is 5.32 Å². The van der Waals surface area contributed by atoms with E-state index in [4.69, 9.17) is 4.74 Å². The monoisotopic (exact) mass is 343 g/mol. The number of carbonyl (C=O) groups excluding carboxylic acids is 2. The first kappa shape index (κ1) is 18.1. The summed E-state index contributed by atoms with van der Waals surface area (Å²) in [5.41, 5.74) is 2.39. The van der Waals surface area contributed by atoms with E-state index in [1.807, 2.05) is 31.2 Å². The van der Waals surface area contributed by atoms with Gasteiger partial charge >= 0.3 is 0 Å². The third-order valence-corrected chi connectivity index (χ3v) is 4.19. The molecule has 4 nitrogen and oxygen atoms in total. The molecule has 0 bridgehead atoms. The van der Waals surface area contributed by atoms with Crippen molar-refractivity contribution in [2.75, 3.05) is 23.4 Å². The summed E-state index contributed by atoms with van der Waals surface area (Å²) in [6, 6.07) is 14.8. The van der Waals surface area contributed by atoms with Gasteiger partial charge in [-0.3, -0.25) is 9.59 Å². The number of hydrogen-bond acceptors (Lipinski definition) is 4. The SMILES string of the molecule is CC(=O)c1cccc(NC(=O)CSCCOc2cccc(C)c2)c1. The number of aryl methyl sites for hydroxylation is 1. The van der Waals surface area contributed by atoms with Gasteiger partial charge in [0.1, 0.15) is 5.75 Å². The van der Waals surface area contributed by atoms with Gasteiger partial charge < -0.3 is 10.1 Å². The molecule has 0 aliphatic carbocycles. The van der Waals surface area contributed by atoms with Crippen molar-refractivity contribution in [1.82, 2.24) is 0 Å². The van der Waals surface area contributed by atoms with Crippen LogP contribution in [0.1, 0.15) is 22.8 Å². The second-order valence-electron chi connectivity index (χ2n) is 5.40. The quantitative estimate of drug-likeness (QED) is 0.582. The molecule has 0 heterocycles. The van der Waals surface area contributed by atoms with Crippen molar-refractivity contribution >= 4 is 29.1 Å². The zero-order chi connectivity index (χ0) is 17.4. The van der Waals surface area contributed by atoms with Crippen molar-refractivity contribution < 1.29 is 14.3 Å². The van der Waals surface area contributed by atoms with Crippen LogP contribution in [0.4, 0.5) is 5.69 Å². The molecule has 5 heteroatoms. The molecule has 0 saturated heterocycles. The lowest BCUT2D eigenvalue weighted by atomic mass is 10.1. The first-order chi connectivity index (χ1) is 11.5. The average molecular weight is 343 g/mol. The van der Waals surface area contributed by atoms with E-state index in [-0.39, 0.29) is 11.7 Å². The van der Waals surface area contributed by atoms with Crippen LogP contribution in [0.3, 0.4) is 0 Å². The maximum atomic E-state index is 11.9. The standard InChI is InChI=1S/C19H21NO3S/c1-14-5-3-8-18(11-14)23-9-10-24-13-19(22)20-17-7-4-6-16(12-17)15(2)21/h3-8,11-12H,9-10,13H2,1-2H3,(H,20,22). The summed E-state index contributed by atoms with van der Waals surface area (Å²) in [6.07, 6.45) is 0. The minimum absolute atomic E-state index is 0.0197. The Bertz CT molecular complexity index is 715. The predicted molar refractivity (Wildman–Crippen MR) is 99.1 cm³/mol. The molecule has 0 atom stereocenters. The predicted octanol–water partition coefficient (Wildman–Crippen LogP) is 3.95. The Morgan fingerprint density at radius 1 is 1.12 bits per heavy atom. The number of amides is 1. The highest BCUT2D eigenvalue weighted by molar-refractivity contribution is 7.99. The zero-order valence-corrected chi connectivity index (χ0v) is 14.7. The highest BCUT2D eigenvalue weighted by Gasteiger charge is 2.05. The van der Waals surface area contributed by atoms with Crippen LogP contribution in [-0.2, 0) is 4.79 Å². The smallest absolute Gasteiger partial charge is 0.234 e. The van der Waals surface area contributed by atoms with Crippen LogP contribution in [-0.4, -0.2) is 29.8 Å².